The molecule has 1 heterocycles. The minimum atomic E-state index is 0.473. The summed E-state index contributed by atoms with van der Waals surface area (Å²) in [7, 11) is 0. The van der Waals surface area contributed by atoms with Crippen molar-refractivity contribution in [1.29, 1.82) is 0 Å². The largest absolute Gasteiger partial charge is 0.377 e. The highest BCUT2D eigenvalue weighted by Gasteiger charge is 2.26. The zero-order valence-corrected chi connectivity index (χ0v) is 11.2. The minimum absolute atomic E-state index is 0.473. The fraction of sp³-hybridized carbons (Fsp3) is 1.00. The summed E-state index contributed by atoms with van der Waals surface area (Å²) >= 11 is 0. The van der Waals surface area contributed by atoms with Gasteiger partial charge in [-0.05, 0) is 44.4 Å². The average Bonchev–Trinajstić information content (AvgIpc) is 2.82. The fourth-order valence-electron chi connectivity index (χ4n) is 3.25. The van der Waals surface area contributed by atoms with Crippen molar-refractivity contribution in [3.63, 3.8) is 0 Å². The van der Waals surface area contributed by atoms with E-state index in [0.29, 0.717) is 6.10 Å². The van der Waals surface area contributed by atoms with Gasteiger partial charge in [0.05, 0.1) is 6.10 Å². The summed E-state index contributed by atoms with van der Waals surface area (Å²) in [5.41, 5.74) is 5.76. The third-order valence-electron chi connectivity index (χ3n) is 4.38. The van der Waals surface area contributed by atoms with Crippen LogP contribution in [0.4, 0.5) is 0 Å². The number of hydrogen-bond donors (Lipinski definition) is 1. The quantitative estimate of drug-likeness (QED) is 0.799. The molecular weight excluding hydrogens is 212 g/mol. The first-order valence-corrected chi connectivity index (χ1v) is 7.35. The van der Waals surface area contributed by atoms with Crippen LogP contribution < -0.4 is 5.73 Å². The number of rotatable bonds is 5. The van der Waals surface area contributed by atoms with Gasteiger partial charge in [0.2, 0.25) is 0 Å². The summed E-state index contributed by atoms with van der Waals surface area (Å²) in [6.45, 7) is 6.26. The molecule has 1 unspecified atom stereocenters. The molecule has 1 saturated heterocycles. The normalized spacial score (nSPS) is 34.4. The summed E-state index contributed by atoms with van der Waals surface area (Å²) in [5.74, 6) is 0.925. The third kappa shape index (κ3) is 3.94. The topological polar surface area (TPSA) is 38.5 Å². The molecule has 1 aliphatic carbocycles. The summed E-state index contributed by atoms with van der Waals surface area (Å²) in [6.07, 6.45) is 8.43. The van der Waals surface area contributed by atoms with E-state index in [1.54, 1.807) is 0 Å². The minimum Gasteiger partial charge on any atom is -0.377 e. The van der Waals surface area contributed by atoms with Crippen LogP contribution in [0.3, 0.4) is 0 Å². The molecule has 0 aromatic heterocycles. The van der Waals surface area contributed by atoms with E-state index in [4.69, 9.17) is 10.5 Å². The highest BCUT2D eigenvalue weighted by molar-refractivity contribution is 4.81. The molecule has 0 bridgehead atoms. The van der Waals surface area contributed by atoms with Crippen LogP contribution in [-0.4, -0.2) is 43.3 Å². The molecule has 17 heavy (non-hydrogen) atoms. The van der Waals surface area contributed by atoms with E-state index in [1.165, 1.54) is 38.5 Å². The standard InChI is InChI=1S/C14H28N2O/c1-12-4-6-13(7-5-12)16(9-8-15)11-14-3-2-10-17-14/h12-14H,2-11,15H2,1H3. The molecule has 3 heteroatoms. The first-order chi connectivity index (χ1) is 8.29. The maximum atomic E-state index is 5.76. The molecule has 0 radical (unpaired) electrons. The van der Waals surface area contributed by atoms with Crippen LogP contribution in [0, 0.1) is 5.92 Å². The summed E-state index contributed by atoms with van der Waals surface area (Å²) in [6, 6.07) is 0.763. The lowest BCUT2D eigenvalue weighted by molar-refractivity contribution is 0.0466. The van der Waals surface area contributed by atoms with Gasteiger partial charge in [-0.2, -0.15) is 0 Å². The molecule has 2 aliphatic rings. The highest BCUT2D eigenvalue weighted by Crippen LogP contribution is 2.27. The van der Waals surface area contributed by atoms with Gasteiger partial charge in [-0.1, -0.05) is 6.92 Å². The van der Waals surface area contributed by atoms with Crippen LogP contribution in [0.25, 0.3) is 0 Å². The van der Waals surface area contributed by atoms with E-state index in [9.17, 15) is 0 Å². The number of hydrogen-bond acceptors (Lipinski definition) is 3. The molecule has 0 aromatic carbocycles. The molecule has 0 amide bonds. The van der Waals surface area contributed by atoms with Crippen molar-refractivity contribution in [2.45, 2.75) is 57.6 Å². The van der Waals surface area contributed by atoms with Crippen molar-refractivity contribution >= 4 is 0 Å². The van der Waals surface area contributed by atoms with Crippen LogP contribution in [0.1, 0.15) is 45.4 Å². The molecule has 1 atom stereocenters. The van der Waals surface area contributed by atoms with Crippen molar-refractivity contribution in [3.05, 3.63) is 0 Å². The van der Waals surface area contributed by atoms with Crippen LogP contribution >= 0.6 is 0 Å². The second kappa shape index (κ2) is 6.72. The lowest BCUT2D eigenvalue weighted by Crippen LogP contribution is -2.44. The predicted molar refractivity (Wildman–Crippen MR) is 71.0 cm³/mol. The maximum Gasteiger partial charge on any atom is 0.0702 e. The first kappa shape index (κ1) is 13.3. The van der Waals surface area contributed by atoms with E-state index in [2.05, 4.69) is 11.8 Å². The second-order valence-electron chi connectivity index (χ2n) is 5.83. The lowest BCUT2D eigenvalue weighted by Gasteiger charge is -2.37. The van der Waals surface area contributed by atoms with Gasteiger partial charge in [0, 0.05) is 32.3 Å². The van der Waals surface area contributed by atoms with Gasteiger partial charge in [0.25, 0.3) is 0 Å². The Morgan fingerprint density at radius 3 is 2.53 bits per heavy atom. The summed E-state index contributed by atoms with van der Waals surface area (Å²) in [5, 5.41) is 0. The molecule has 1 saturated carbocycles. The Labute approximate surface area is 106 Å². The van der Waals surface area contributed by atoms with Gasteiger partial charge >= 0.3 is 0 Å². The summed E-state index contributed by atoms with van der Waals surface area (Å²) in [4.78, 5) is 2.60. The molecule has 1 aliphatic heterocycles. The van der Waals surface area contributed by atoms with Gasteiger partial charge in [0.15, 0.2) is 0 Å². The molecule has 100 valence electrons. The van der Waals surface area contributed by atoms with E-state index in [1.807, 2.05) is 0 Å². The fourth-order valence-corrected chi connectivity index (χ4v) is 3.25. The summed E-state index contributed by atoms with van der Waals surface area (Å²) < 4.78 is 5.76. The molecule has 0 spiro atoms. The predicted octanol–water partition coefficient (Wildman–Crippen LogP) is 2.00. The SMILES string of the molecule is CC1CCC(N(CCN)CC2CCCO2)CC1. The third-order valence-corrected chi connectivity index (χ3v) is 4.38. The Bertz CT molecular complexity index is 208. The number of ether oxygens (including phenoxy) is 1. The second-order valence-corrected chi connectivity index (χ2v) is 5.83. The Morgan fingerprint density at radius 2 is 1.94 bits per heavy atom. The number of nitrogens with zero attached hydrogens (tertiary/aromatic N) is 1. The smallest absolute Gasteiger partial charge is 0.0702 e. The van der Waals surface area contributed by atoms with Crippen LogP contribution in [0.15, 0.2) is 0 Å². The van der Waals surface area contributed by atoms with Crippen molar-refractivity contribution in [3.8, 4) is 0 Å². The van der Waals surface area contributed by atoms with Gasteiger partial charge in [-0.3, -0.25) is 4.90 Å². The first-order valence-electron chi connectivity index (χ1n) is 7.35. The molecule has 0 aromatic rings. The van der Waals surface area contributed by atoms with Crippen LogP contribution in [-0.2, 0) is 4.74 Å². The zero-order chi connectivity index (χ0) is 12.1. The molecule has 2 N–H and O–H groups in total. The van der Waals surface area contributed by atoms with E-state index >= 15 is 0 Å². The highest BCUT2D eigenvalue weighted by atomic mass is 16.5. The van der Waals surface area contributed by atoms with E-state index in [0.717, 1.165) is 38.2 Å². The maximum absolute atomic E-state index is 5.76. The Morgan fingerprint density at radius 1 is 1.18 bits per heavy atom. The Kier molecular flexibility index (Phi) is 5.26. The van der Waals surface area contributed by atoms with Gasteiger partial charge in [-0.15, -0.1) is 0 Å². The Hall–Kier alpha value is -0.120. The lowest BCUT2D eigenvalue weighted by atomic mass is 9.86. The Balaban J connectivity index is 1.82. The van der Waals surface area contributed by atoms with E-state index in [-0.39, 0.29) is 0 Å². The van der Waals surface area contributed by atoms with Crippen molar-refractivity contribution in [2.75, 3.05) is 26.2 Å². The molecule has 2 rings (SSSR count). The van der Waals surface area contributed by atoms with Crippen molar-refractivity contribution in [2.24, 2.45) is 11.7 Å². The van der Waals surface area contributed by atoms with Gasteiger partial charge in [-0.25, -0.2) is 0 Å². The molecule has 2 fully saturated rings. The van der Waals surface area contributed by atoms with Crippen molar-refractivity contribution < 1.29 is 4.74 Å². The van der Waals surface area contributed by atoms with E-state index < -0.39 is 0 Å². The average molecular weight is 240 g/mol. The van der Waals surface area contributed by atoms with Crippen molar-refractivity contribution in [1.82, 2.24) is 4.90 Å². The van der Waals surface area contributed by atoms with Crippen LogP contribution in [0.5, 0.6) is 0 Å². The van der Waals surface area contributed by atoms with Crippen LogP contribution in [0.2, 0.25) is 0 Å². The van der Waals surface area contributed by atoms with Gasteiger partial charge in [0.1, 0.15) is 0 Å². The molecule has 3 nitrogen and oxygen atoms in total. The van der Waals surface area contributed by atoms with Gasteiger partial charge < -0.3 is 10.5 Å². The monoisotopic (exact) mass is 240 g/mol. The zero-order valence-electron chi connectivity index (χ0n) is 11.2. The number of nitrogens with two attached hydrogens (primary N) is 1. The molecular formula is C14H28N2O.